The first-order valence-electron chi connectivity index (χ1n) is 8.29. The summed E-state index contributed by atoms with van der Waals surface area (Å²) in [6.07, 6.45) is 1.10. The van der Waals surface area contributed by atoms with Crippen LogP contribution in [-0.2, 0) is 17.7 Å². The first-order chi connectivity index (χ1) is 10.9. The van der Waals surface area contributed by atoms with Gasteiger partial charge in [-0.05, 0) is 38.3 Å². The molecule has 3 N–H and O–H groups in total. The van der Waals surface area contributed by atoms with Gasteiger partial charge in [0.25, 0.3) is 0 Å². The lowest BCUT2D eigenvalue weighted by Crippen LogP contribution is -2.49. The van der Waals surface area contributed by atoms with Gasteiger partial charge in [-0.1, -0.05) is 24.3 Å². The van der Waals surface area contributed by atoms with E-state index in [1.54, 1.807) is 7.11 Å². The minimum atomic E-state index is -0.0235. The van der Waals surface area contributed by atoms with E-state index < -0.39 is 0 Å². The van der Waals surface area contributed by atoms with E-state index in [1.807, 2.05) is 6.92 Å². The van der Waals surface area contributed by atoms with Crippen LogP contribution in [-0.4, -0.2) is 49.2 Å². The average Bonchev–Trinajstić information content (AvgIpc) is 2.53. The third-order valence-electron chi connectivity index (χ3n) is 4.43. The summed E-state index contributed by atoms with van der Waals surface area (Å²) in [5, 5.41) is 3.16. The lowest BCUT2D eigenvalue weighted by atomic mass is 9.94. The maximum Gasteiger partial charge on any atom is 0.188 e. The van der Waals surface area contributed by atoms with E-state index in [0.29, 0.717) is 19.1 Å². The van der Waals surface area contributed by atoms with Gasteiger partial charge in [-0.25, -0.2) is 0 Å². The summed E-state index contributed by atoms with van der Waals surface area (Å²) in [5.74, 6) is 0.486. The number of nitrogens with zero attached hydrogens (tertiary/aromatic N) is 2. The second kappa shape index (κ2) is 7.79. The molecule has 0 aliphatic carbocycles. The molecule has 0 fully saturated rings. The number of nitrogens with two attached hydrogens (primary N) is 1. The third kappa shape index (κ3) is 4.94. The molecule has 0 saturated heterocycles. The van der Waals surface area contributed by atoms with Crippen molar-refractivity contribution in [2.75, 3.05) is 26.8 Å². The maximum atomic E-state index is 5.98. The molecule has 5 heteroatoms. The topological polar surface area (TPSA) is 62.9 Å². The standard InChI is InChI=1S/C18H30N4O/c1-14(12-23-4)21-17(19)20-13-18(2,3)22-10-9-15-7-5-6-8-16(15)11-22/h5-8,14H,9-13H2,1-4H3,(H3,19,20,21). The highest BCUT2D eigenvalue weighted by molar-refractivity contribution is 5.78. The third-order valence-corrected chi connectivity index (χ3v) is 4.43. The van der Waals surface area contributed by atoms with Crippen LogP contribution in [0, 0.1) is 0 Å². The zero-order chi connectivity index (χ0) is 16.9. The summed E-state index contributed by atoms with van der Waals surface area (Å²) in [5.41, 5.74) is 8.86. The number of guanidine groups is 1. The normalized spacial score (nSPS) is 17.7. The fraction of sp³-hybridized carbons (Fsp3) is 0.611. The summed E-state index contributed by atoms with van der Waals surface area (Å²) in [6, 6.07) is 8.86. The molecule has 0 saturated carbocycles. The first-order valence-corrected chi connectivity index (χ1v) is 8.29. The second-order valence-corrected chi connectivity index (χ2v) is 6.95. The quantitative estimate of drug-likeness (QED) is 0.620. The molecule has 23 heavy (non-hydrogen) atoms. The Balaban J connectivity index is 1.94. The molecule has 2 rings (SSSR count). The van der Waals surface area contributed by atoms with Crippen molar-refractivity contribution in [2.24, 2.45) is 10.7 Å². The van der Waals surface area contributed by atoms with Gasteiger partial charge in [-0.3, -0.25) is 9.89 Å². The van der Waals surface area contributed by atoms with E-state index in [2.05, 4.69) is 53.3 Å². The SMILES string of the molecule is COCC(C)NC(N)=NCC(C)(C)N1CCc2ccccc2C1. The van der Waals surface area contributed by atoms with E-state index in [-0.39, 0.29) is 11.6 Å². The Morgan fingerprint density at radius 1 is 1.39 bits per heavy atom. The second-order valence-electron chi connectivity index (χ2n) is 6.95. The highest BCUT2D eigenvalue weighted by Gasteiger charge is 2.29. The molecule has 128 valence electrons. The van der Waals surface area contributed by atoms with Crippen molar-refractivity contribution >= 4 is 5.96 Å². The smallest absolute Gasteiger partial charge is 0.188 e. The van der Waals surface area contributed by atoms with Crippen LogP contribution in [0.2, 0.25) is 0 Å². The predicted octanol–water partition coefficient (Wildman–Crippen LogP) is 1.76. The van der Waals surface area contributed by atoms with Crippen LogP contribution in [0.1, 0.15) is 31.9 Å². The Morgan fingerprint density at radius 2 is 2.09 bits per heavy atom. The van der Waals surface area contributed by atoms with Crippen molar-refractivity contribution in [2.45, 2.75) is 45.3 Å². The van der Waals surface area contributed by atoms with Crippen molar-refractivity contribution in [1.29, 1.82) is 0 Å². The molecule has 0 spiro atoms. The van der Waals surface area contributed by atoms with Crippen molar-refractivity contribution < 1.29 is 4.74 Å². The van der Waals surface area contributed by atoms with Crippen LogP contribution in [0.25, 0.3) is 0 Å². The van der Waals surface area contributed by atoms with Crippen molar-refractivity contribution in [3.63, 3.8) is 0 Å². The fourth-order valence-corrected chi connectivity index (χ4v) is 2.98. The van der Waals surface area contributed by atoms with Crippen molar-refractivity contribution in [1.82, 2.24) is 10.2 Å². The van der Waals surface area contributed by atoms with Gasteiger partial charge in [0.15, 0.2) is 5.96 Å². The van der Waals surface area contributed by atoms with Gasteiger partial charge in [-0.2, -0.15) is 0 Å². The maximum absolute atomic E-state index is 5.98. The summed E-state index contributed by atoms with van der Waals surface area (Å²) >= 11 is 0. The van der Waals surface area contributed by atoms with Crippen molar-refractivity contribution in [3.8, 4) is 0 Å². The molecule has 0 radical (unpaired) electrons. The van der Waals surface area contributed by atoms with E-state index in [0.717, 1.165) is 19.5 Å². The summed E-state index contributed by atoms with van der Waals surface area (Å²) in [4.78, 5) is 7.03. The lowest BCUT2D eigenvalue weighted by Gasteiger charge is -2.40. The number of hydrogen-bond acceptors (Lipinski definition) is 3. The molecule has 1 aliphatic heterocycles. The molecule has 0 aromatic heterocycles. The Kier molecular flexibility index (Phi) is 6.02. The van der Waals surface area contributed by atoms with Crippen LogP contribution >= 0.6 is 0 Å². The fourth-order valence-electron chi connectivity index (χ4n) is 2.98. The minimum absolute atomic E-state index is 0.0235. The van der Waals surface area contributed by atoms with Crippen molar-refractivity contribution in [3.05, 3.63) is 35.4 Å². The van der Waals surface area contributed by atoms with E-state index >= 15 is 0 Å². The molecule has 5 nitrogen and oxygen atoms in total. The summed E-state index contributed by atoms with van der Waals surface area (Å²) in [6.45, 7) is 9.82. The molecule has 1 aromatic carbocycles. The van der Waals surface area contributed by atoms with Crippen LogP contribution in [0.15, 0.2) is 29.3 Å². The van der Waals surface area contributed by atoms with E-state index in [4.69, 9.17) is 10.5 Å². The van der Waals surface area contributed by atoms with Crippen LogP contribution in [0.4, 0.5) is 0 Å². The first kappa shape index (κ1) is 17.8. The molecule has 1 aliphatic rings. The Labute approximate surface area is 139 Å². The highest BCUT2D eigenvalue weighted by atomic mass is 16.5. The lowest BCUT2D eigenvalue weighted by molar-refractivity contribution is 0.111. The number of methoxy groups -OCH3 is 1. The number of ether oxygens (including phenoxy) is 1. The monoisotopic (exact) mass is 318 g/mol. The number of rotatable bonds is 6. The Hall–Kier alpha value is -1.59. The van der Waals surface area contributed by atoms with Crippen LogP contribution < -0.4 is 11.1 Å². The number of benzene rings is 1. The summed E-state index contributed by atoms with van der Waals surface area (Å²) < 4.78 is 5.10. The van der Waals surface area contributed by atoms with Gasteiger partial charge in [0.05, 0.1) is 13.2 Å². The molecule has 0 bridgehead atoms. The number of hydrogen-bond donors (Lipinski definition) is 2. The Bertz CT molecular complexity index is 542. The van der Waals surface area contributed by atoms with Gasteiger partial charge >= 0.3 is 0 Å². The average molecular weight is 318 g/mol. The molecule has 0 amide bonds. The largest absolute Gasteiger partial charge is 0.383 e. The van der Waals surface area contributed by atoms with Gasteiger partial charge < -0.3 is 15.8 Å². The minimum Gasteiger partial charge on any atom is -0.383 e. The number of nitrogens with one attached hydrogen (secondary N) is 1. The predicted molar refractivity (Wildman–Crippen MR) is 95.6 cm³/mol. The van der Waals surface area contributed by atoms with Gasteiger partial charge in [-0.15, -0.1) is 0 Å². The zero-order valence-electron chi connectivity index (χ0n) is 14.8. The van der Waals surface area contributed by atoms with Crippen LogP contribution in [0.3, 0.4) is 0 Å². The Morgan fingerprint density at radius 3 is 2.78 bits per heavy atom. The number of aliphatic imine (C=N–C) groups is 1. The van der Waals surface area contributed by atoms with E-state index in [1.165, 1.54) is 11.1 Å². The van der Waals surface area contributed by atoms with Gasteiger partial charge in [0.1, 0.15) is 0 Å². The van der Waals surface area contributed by atoms with Gasteiger partial charge in [0, 0.05) is 31.8 Å². The molecular weight excluding hydrogens is 288 g/mol. The zero-order valence-corrected chi connectivity index (χ0v) is 14.8. The highest BCUT2D eigenvalue weighted by Crippen LogP contribution is 2.25. The molecule has 1 aromatic rings. The molecule has 1 atom stereocenters. The molecule has 1 heterocycles. The van der Waals surface area contributed by atoms with E-state index in [9.17, 15) is 0 Å². The molecule has 1 unspecified atom stereocenters. The number of fused-ring (bicyclic) bond motifs is 1. The molecular formula is C18H30N4O. The van der Waals surface area contributed by atoms with Crippen LogP contribution in [0.5, 0.6) is 0 Å². The summed E-state index contributed by atoms with van der Waals surface area (Å²) in [7, 11) is 1.68. The van der Waals surface area contributed by atoms with Gasteiger partial charge in [0.2, 0.25) is 0 Å².